The normalized spacial score (nSPS) is 14.8. The average molecular weight is 254 g/mol. The van der Waals surface area contributed by atoms with Gasteiger partial charge in [-0.3, -0.25) is 4.99 Å². The van der Waals surface area contributed by atoms with Crippen LogP contribution in [0.4, 0.5) is 0 Å². The molecule has 0 aliphatic carbocycles. The number of likely N-dealkylation sites (N-methyl/N-ethyl adjacent to an activating group) is 1. The van der Waals surface area contributed by atoms with Crippen molar-refractivity contribution in [1.82, 2.24) is 10.2 Å². The smallest absolute Gasteiger partial charge is 0.194 e. The van der Waals surface area contributed by atoms with Gasteiger partial charge < -0.3 is 15.0 Å². The number of hydrogen-bond donors (Lipinski definition) is 1. The summed E-state index contributed by atoms with van der Waals surface area (Å²) in [5.74, 6) is 1.71. The minimum atomic E-state index is 0.617. The Bertz CT molecular complexity index is 434. The van der Waals surface area contributed by atoms with E-state index in [1.54, 1.807) is 7.11 Å². The predicted molar refractivity (Wildman–Crippen MR) is 69.8 cm³/mol. The van der Waals surface area contributed by atoms with E-state index in [-0.39, 0.29) is 0 Å². The summed E-state index contributed by atoms with van der Waals surface area (Å²) < 4.78 is 5.29. The second-order valence-electron chi connectivity index (χ2n) is 3.90. The van der Waals surface area contributed by atoms with Crippen LogP contribution in [0, 0.1) is 0 Å². The van der Waals surface area contributed by atoms with Gasteiger partial charge in [0.05, 0.1) is 13.7 Å². The molecule has 1 heterocycles. The summed E-state index contributed by atoms with van der Waals surface area (Å²) in [5, 5.41) is 3.98. The fourth-order valence-corrected chi connectivity index (χ4v) is 2.03. The van der Waals surface area contributed by atoms with Crippen LogP contribution in [-0.4, -0.2) is 38.1 Å². The summed E-state index contributed by atoms with van der Waals surface area (Å²) in [6, 6.07) is 5.65. The number of nitrogens with one attached hydrogen (secondary N) is 1. The van der Waals surface area contributed by atoms with Crippen LogP contribution in [0.25, 0.3) is 0 Å². The molecular formula is C12H16ClN3O. The van der Waals surface area contributed by atoms with Crippen LogP contribution in [0.15, 0.2) is 23.2 Å². The monoisotopic (exact) mass is 253 g/mol. The minimum Gasteiger partial charge on any atom is -0.496 e. The highest BCUT2D eigenvalue weighted by Crippen LogP contribution is 2.25. The lowest BCUT2D eigenvalue weighted by atomic mass is 10.2. The van der Waals surface area contributed by atoms with E-state index in [4.69, 9.17) is 16.3 Å². The first kappa shape index (κ1) is 12.0. The summed E-state index contributed by atoms with van der Waals surface area (Å²) >= 11 is 6.16. The Kier molecular flexibility index (Phi) is 3.74. The van der Waals surface area contributed by atoms with Gasteiger partial charge in [-0.1, -0.05) is 17.7 Å². The molecule has 1 aromatic carbocycles. The molecule has 1 aromatic rings. The number of guanidine groups is 1. The highest BCUT2D eigenvalue weighted by Gasteiger charge is 2.13. The van der Waals surface area contributed by atoms with E-state index in [2.05, 4.69) is 15.2 Å². The summed E-state index contributed by atoms with van der Waals surface area (Å²) in [5.41, 5.74) is 0.958. The largest absolute Gasteiger partial charge is 0.496 e. The zero-order chi connectivity index (χ0) is 12.3. The molecule has 1 aliphatic heterocycles. The Balaban J connectivity index is 2.08. The SMILES string of the molecule is COc1cccc(Cl)c1CNC1=NCCN1C. The van der Waals surface area contributed by atoms with Gasteiger partial charge in [-0.05, 0) is 12.1 Å². The van der Waals surface area contributed by atoms with Gasteiger partial charge >= 0.3 is 0 Å². The zero-order valence-corrected chi connectivity index (χ0v) is 10.8. The Morgan fingerprint density at radius 3 is 3.00 bits per heavy atom. The van der Waals surface area contributed by atoms with Crippen molar-refractivity contribution < 1.29 is 4.74 Å². The molecule has 5 heteroatoms. The lowest BCUT2D eigenvalue weighted by Gasteiger charge is -2.17. The van der Waals surface area contributed by atoms with Gasteiger partial charge in [-0.25, -0.2) is 0 Å². The molecule has 0 unspecified atom stereocenters. The van der Waals surface area contributed by atoms with E-state index in [9.17, 15) is 0 Å². The highest BCUT2D eigenvalue weighted by molar-refractivity contribution is 6.31. The lowest BCUT2D eigenvalue weighted by molar-refractivity contribution is 0.408. The van der Waals surface area contributed by atoms with Crippen LogP contribution in [0.2, 0.25) is 5.02 Å². The molecule has 0 saturated carbocycles. The van der Waals surface area contributed by atoms with E-state index in [1.807, 2.05) is 25.2 Å². The number of nitrogens with zero attached hydrogens (tertiary/aromatic N) is 2. The van der Waals surface area contributed by atoms with Crippen molar-refractivity contribution in [1.29, 1.82) is 0 Å². The van der Waals surface area contributed by atoms with Crippen LogP contribution in [0.3, 0.4) is 0 Å². The third-order valence-electron chi connectivity index (χ3n) is 2.78. The molecular weight excluding hydrogens is 238 g/mol. The second-order valence-corrected chi connectivity index (χ2v) is 4.31. The van der Waals surface area contributed by atoms with Crippen LogP contribution in [0.1, 0.15) is 5.56 Å². The molecule has 1 N–H and O–H groups in total. The van der Waals surface area contributed by atoms with Crippen LogP contribution < -0.4 is 10.1 Å². The molecule has 0 aromatic heterocycles. The van der Waals surface area contributed by atoms with Gasteiger partial charge in [0.25, 0.3) is 0 Å². The summed E-state index contributed by atoms with van der Waals surface area (Å²) in [6.07, 6.45) is 0. The number of rotatable bonds is 3. The van der Waals surface area contributed by atoms with Gasteiger partial charge in [-0.15, -0.1) is 0 Å². The fraction of sp³-hybridized carbons (Fsp3) is 0.417. The molecule has 0 atom stereocenters. The van der Waals surface area contributed by atoms with Crippen molar-refractivity contribution >= 4 is 17.6 Å². The topological polar surface area (TPSA) is 36.9 Å². The van der Waals surface area contributed by atoms with E-state index in [0.29, 0.717) is 11.6 Å². The molecule has 1 aliphatic rings. The number of aliphatic imine (C=N–C) groups is 1. The Hall–Kier alpha value is -1.42. The van der Waals surface area contributed by atoms with Crippen molar-refractivity contribution in [3.05, 3.63) is 28.8 Å². The Labute approximate surface area is 106 Å². The fourth-order valence-electron chi connectivity index (χ4n) is 1.79. The summed E-state index contributed by atoms with van der Waals surface area (Å²) in [4.78, 5) is 6.45. The maximum atomic E-state index is 6.16. The quantitative estimate of drug-likeness (QED) is 0.892. The first-order valence-electron chi connectivity index (χ1n) is 5.53. The molecule has 2 rings (SSSR count). The van der Waals surface area contributed by atoms with Gasteiger partial charge in [0, 0.05) is 30.7 Å². The van der Waals surface area contributed by atoms with Gasteiger partial charge in [-0.2, -0.15) is 0 Å². The van der Waals surface area contributed by atoms with Crippen LogP contribution >= 0.6 is 11.6 Å². The molecule has 17 heavy (non-hydrogen) atoms. The number of benzene rings is 1. The summed E-state index contributed by atoms with van der Waals surface area (Å²) in [6.45, 7) is 2.42. The van der Waals surface area contributed by atoms with Gasteiger partial charge in [0.2, 0.25) is 0 Å². The number of hydrogen-bond acceptors (Lipinski definition) is 4. The maximum Gasteiger partial charge on any atom is 0.194 e. The van der Waals surface area contributed by atoms with Crippen LogP contribution in [-0.2, 0) is 6.54 Å². The molecule has 0 amide bonds. The second kappa shape index (κ2) is 5.27. The number of halogens is 1. The van der Waals surface area contributed by atoms with Crippen molar-refractivity contribution in [2.75, 3.05) is 27.2 Å². The molecule has 0 saturated heterocycles. The predicted octanol–water partition coefficient (Wildman–Crippen LogP) is 1.74. The van der Waals surface area contributed by atoms with E-state index in [1.165, 1.54) is 0 Å². The molecule has 0 spiro atoms. The van der Waals surface area contributed by atoms with Gasteiger partial charge in [0.15, 0.2) is 5.96 Å². The van der Waals surface area contributed by atoms with E-state index in [0.717, 1.165) is 30.4 Å². The first-order chi connectivity index (χ1) is 8.22. The van der Waals surface area contributed by atoms with E-state index >= 15 is 0 Å². The van der Waals surface area contributed by atoms with Crippen molar-refractivity contribution in [3.8, 4) is 5.75 Å². The van der Waals surface area contributed by atoms with Crippen molar-refractivity contribution in [2.24, 2.45) is 4.99 Å². The van der Waals surface area contributed by atoms with Crippen molar-refractivity contribution in [2.45, 2.75) is 6.54 Å². The lowest BCUT2D eigenvalue weighted by Crippen LogP contribution is -2.35. The minimum absolute atomic E-state index is 0.617. The maximum absolute atomic E-state index is 6.16. The zero-order valence-electron chi connectivity index (χ0n) is 10.0. The highest BCUT2D eigenvalue weighted by atomic mass is 35.5. The summed E-state index contributed by atoms with van der Waals surface area (Å²) in [7, 11) is 3.66. The van der Waals surface area contributed by atoms with Crippen molar-refractivity contribution in [3.63, 3.8) is 0 Å². The van der Waals surface area contributed by atoms with Crippen LogP contribution in [0.5, 0.6) is 5.75 Å². The number of ether oxygens (including phenoxy) is 1. The standard InChI is InChI=1S/C12H16ClN3O/c1-16-7-6-14-12(16)15-8-9-10(13)4-3-5-11(9)17-2/h3-5H,6-8H2,1-2H3,(H,14,15). The number of methoxy groups -OCH3 is 1. The molecule has 0 radical (unpaired) electrons. The molecule has 0 bridgehead atoms. The van der Waals surface area contributed by atoms with Gasteiger partial charge in [0.1, 0.15) is 5.75 Å². The molecule has 0 fully saturated rings. The third-order valence-corrected chi connectivity index (χ3v) is 3.13. The Morgan fingerprint density at radius 2 is 2.35 bits per heavy atom. The van der Waals surface area contributed by atoms with E-state index < -0.39 is 0 Å². The molecule has 92 valence electrons. The Morgan fingerprint density at radius 1 is 1.53 bits per heavy atom. The average Bonchev–Trinajstić information content (AvgIpc) is 2.73. The molecule has 4 nitrogen and oxygen atoms in total. The third kappa shape index (κ3) is 2.64. The first-order valence-corrected chi connectivity index (χ1v) is 5.91.